The Labute approximate surface area is 126 Å². The molecule has 1 N–H and O–H groups in total. The summed E-state index contributed by atoms with van der Waals surface area (Å²) in [5.74, 6) is 1.71. The van der Waals surface area contributed by atoms with Crippen molar-refractivity contribution in [2.75, 3.05) is 0 Å². The molecule has 2 rings (SSSR count). The SMILES string of the molecule is Cc1noc(C)c1COc1ccccc1CNC(C)(C)C. The summed E-state index contributed by atoms with van der Waals surface area (Å²) in [7, 11) is 0. The summed E-state index contributed by atoms with van der Waals surface area (Å²) >= 11 is 0. The number of aromatic nitrogens is 1. The molecule has 0 atom stereocenters. The van der Waals surface area contributed by atoms with Crippen molar-refractivity contribution in [3.05, 3.63) is 46.8 Å². The minimum Gasteiger partial charge on any atom is -0.488 e. The first-order chi connectivity index (χ1) is 9.87. The van der Waals surface area contributed by atoms with Gasteiger partial charge in [-0.15, -0.1) is 0 Å². The van der Waals surface area contributed by atoms with Crippen molar-refractivity contribution in [2.24, 2.45) is 0 Å². The maximum atomic E-state index is 5.97. The highest BCUT2D eigenvalue weighted by Gasteiger charge is 2.13. The van der Waals surface area contributed by atoms with Crippen molar-refractivity contribution >= 4 is 0 Å². The third kappa shape index (κ3) is 4.33. The first-order valence-electron chi connectivity index (χ1n) is 7.24. The van der Waals surface area contributed by atoms with Crippen molar-refractivity contribution in [1.82, 2.24) is 10.5 Å². The Morgan fingerprint density at radius 1 is 1.19 bits per heavy atom. The molecule has 0 unspecified atom stereocenters. The molecule has 0 radical (unpaired) electrons. The number of ether oxygens (including phenoxy) is 1. The molecule has 0 saturated heterocycles. The van der Waals surface area contributed by atoms with Gasteiger partial charge in [-0.3, -0.25) is 0 Å². The van der Waals surface area contributed by atoms with Crippen LogP contribution in [0.2, 0.25) is 0 Å². The van der Waals surface area contributed by atoms with Crippen LogP contribution in [0.25, 0.3) is 0 Å². The predicted molar refractivity (Wildman–Crippen MR) is 83.3 cm³/mol. The summed E-state index contributed by atoms with van der Waals surface area (Å²) in [5.41, 5.74) is 3.14. The van der Waals surface area contributed by atoms with Crippen LogP contribution >= 0.6 is 0 Å². The van der Waals surface area contributed by atoms with Gasteiger partial charge in [0.15, 0.2) is 0 Å². The molecule has 1 aromatic heterocycles. The topological polar surface area (TPSA) is 47.3 Å². The average Bonchev–Trinajstić information content (AvgIpc) is 2.74. The summed E-state index contributed by atoms with van der Waals surface area (Å²) in [6.07, 6.45) is 0. The van der Waals surface area contributed by atoms with E-state index >= 15 is 0 Å². The molecule has 0 aliphatic carbocycles. The van der Waals surface area contributed by atoms with Crippen LogP contribution in [0.15, 0.2) is 28.8 Å². The van der Waals surface area contributed by atoms with Gasteiger partial charge >= 0.3 is 0 Å². The minimum absolute atomic E-state index is 0.0781. The number of hydrogen-bond donors (Lipinski definition) is 1. The van der Waals surface area contributed by atoms with Gasteiger partial charge in [-0.2, -0.15) is 0 Å². The minimum atomic E-state index is 0.0781. The summed E-state index contributed by atoms with van der Waals surface area (Å²) in [6, 6.07) is 8.10. The van der Waals surface area contributed by atoms with Gasteiger partial charge in [-0.1, -0.05) is 23.4 Å². The molecule has 0 fully saturated rings. The first-order valence-corrected chi connectivity index (χ1v) is 7.24. The number of benzene rings is 1. The van der Waals surface area contributed by atoms with E-state index in [0.29, 0.717) is 6.61 Å². The normalized spacial score (nSPS) is 11.7. The molecule has 0 bridgehead atoms. The fraction of sp³-hybridized carbons (Fsp3) is 0.471. The van der Waals surface area contributed by atoms with Gasteiger partial charge in [0.25, 0.3) is 0 Å². The third-order valence-corrected chi connectivity index (χ3v) is 3.34. The molecule has 0 amide bonds. The van der Waals surface area contributed by atoms with Gasteiger partial charge in [-0.25, -0.2) is 0 Å². The second-order valence-electron chi connectivity index (χ2n) is 6.30. The van der Waals surface area contributed by atoms with E-state index < -0.39 is 0 Å². The lowest BCUT2D eigenvalue weighted by Crippen LogP contribution is -2.35. The van der Waals surface area contributed by atoms with Crippen molar-refractivity contribution in [2.45, 2.75) is 53.3 Å². The molecule has 21 heavy (non-hydrogen) atoms. The Kier molecular flexibility index (Phi) is 4.68. The molecule has 1 heterocycles. The lowest BCUT2D eigenvalue weighted by atomic mass is 10.1. The number of rotatable bonds is 5. The van der Waals surface area contributed by atoms with Gasteiger partial charge in [0, 0.05) is 17.6 Å². The highest BCUT2D eigenvalue weighted by atomic mass is 16.5. The number of nitrogens with zero attached hydrogens (tertiary/aromatic N) is 1. The zero-order valence-electron chi connectivity index (χ0n) is 13.5. The molecule has 4 heteroatoms. The van der Waals surface area contributed by atoms with Crippen molar-refractivity contribution < 1.29 is 9.26 Å². The second-order valence-corrected chi connectivity index (χ2v) is 6.30. The third-order valence-electron chi connectivity index (χ3n) is 3.34. The van der Waals surface area contributed by atoms with Gasteiger partial charge < -0.3 is 14.6 Å². The quantitative estimate of drug-likeness (QED) is 0.910. The molecule has 0 aliphatic heterocycles. The number of para-hydroxylation sites is 1. The van der Waals surface area contributed by atoms with Crippen LogP contribution in [0, 0.1) is 13.8 Å². The van der Waals surface area contributed by atoms with E-state index in [2.05, 4.69) is 37.3 Å². The molecular weight excluding hydrogens is 264 g/mol. The van der Waals surface area contributed by atoms with E-state index in [1.54, 1.807) is 0 Å². The Bertz CT molecular complexity index is 578. The summed E-state index contributed by atoms with van der Waals surface area (Å²) in [5, 5.41) is 7.44. The number of hydrogen-bond acceptors (Lipinski definition) is 4. The molecule has 2 aromatic rings. The summed E-state index contributed by atoms with van der Waals surface area (Å²) < 4.78 is 11.1. The number of aryl methyl sites for hydroxylation is 2. The zero-order chi connectivity index (χ0) is 15.5. The molecule has 4 nitrogen and oxygen atoms in total. The van der Waals surface area contributed by atoms with Crippen LogP contribution in [0.5, 0.6) is 5.75 Å². The second kappa shape index (κ2) is 6.31. The summed E-state index contributed by atoms with van der Waals surface area (Å²) in [6.45, 7) is 11.6. The van der Waals surface area contributed by atoms with Crippen LogP contribution < -0.4 is 10.1 Å². The molecule has 1 aromatic carbocycles. The van der Waals surface area contributed by atoms with Crippen LogP contribution in [0.1, 0.15) is 43.4 Å². The van der Waals surface area contributed by atoms with Gasteiger partial charge in [0.2, 0.25) is 0 Å². The Morgan fingerprint density at radius 3 is 2.52 bits per heavy atom. The molecule has 0 aliphatic rings. The van der Waals surface area contributed by atoms with Gasteiger partial charge in [0.1, 0.15) is 18.1 Å². The van der Waals surface area contributed by atoms with Gasteiger partial charge in [-0.05, 0) is 40.7 Å². The monoisotopic (exact) mass is 288 g/mol. The largest absolute Gasteiger partial charge is 0.488 e. The summed E-state index contributed by atoms with van der Waals surface area (Å²) in [4.78, 5) is 0. The van der Waals surface area contributed by atoms with E-state index in [-0.39, 0.29) is 5.54 Å². The molecular formula is C17H24N2O2. The highest BCUT2D eigenvalue weighted by Crippen LogP contribution is 2.22. The average molecular weight is 288 g/mol. The van der Waals surface area contributed by atoms with Crippen molar-refractivity contribution in [1.29, 1.82) is 0 Å². The fourth-order valence-electron chi connectivity index (χ4n) is 2.01. The van der Waals surface area contributed by atoms with Crippen molar-refractivity contribution in [3.63, 3.8) is 0 Å². The Hall–Kier alpha value is -1.81. The lowest BCUT2D eigenvalue weighted by Gasteiger charge is -2.21. The van der Waals surface area contributed by atoms with Crippen LogP contribution in [0.3, 0.4) is 0 Å². The van der Waals surface area contributed by atoms with E-state index in [1.165, 1.54) is 0 Å². The van der Waals surface area contributed by atoms with Crippen LogP contribution in [-0.4, -0.2) is 10.7 Å². The van der Waals surface area contributed by atoms with E-state index in [1.807, 2.05) is 32.0 Å². The van der Waals surface area contributed by atoms with E-state index in [4.69, 9.17) is 9.26 Å². The van der Waals surface area contributed by atoms with E-state index in [9.17, 15) is 0 Å². The zero-order valence-corrected chi connectivity index (χ0v) is 13.5. The van der Waals surface area contributed by atoms with Crippen LogP contribution in [-0.2, 0) is 13.2 Å². The fourth-order valence-corrected chi connectivity index (χ4v) is 2.01. The molecule has 0 spiro atoms. The molecule has 0 saturated carbocycles. The van der Waals surface area contributed by atoms with Crippen LogP contribution in [0.4, 0.5) is 0 Å². The molecule has 114 valence electrons. The highest BCUT2D eigenvalue weighted by molar-refractivity contribution is 5.34. The lowest BCUT2D eigenvalue weighted by molar-refractivity contribution is 0.296. The van der Waals surface area contributed by atoms with Crippen molar-refractivity contribution in [3.8, 4) is 5.75 Å². The maximum Gasteiger partial charge on any atom is 0.140 e. The smallest absolute Gasteiger partial charge is 0.140 e. The van der Waals surface area contributed by atoms with Gasteiger partial charge in [0.05, 0.1) is 11.3 Å². The Morgan fingerprint density at radius 2 is 1.90 bits per heavy atom. The maximum absolute atomic E-state index is 5.97. The first kappa shape index (κ1) is 15.6. The number of nitrogens with one attached hydrogen (secondary N) is 1. The predicted octanol–water partition coefficient (Wildman–Crippen LogP) is 3.76. The Balaban J connectivity index is 2.06. The van der Waals surface area contributed by atoms with E-state index in [0.717, 1.165) is 34.9 Å². The standard InChI is InChI=1S/C17H24N2O2/c1-12-15(13(2)21-19-12)11-20-16-9-7-6-8-14(16)10-18-17(3,4)5/h6-9,18H,10-11H2,1-5H3.